The minimum Gasteiger partial charge on any atom is -0.394 e. The maximum atomic E-state index is 11.9. The standard InChI is InChI=1S/C14H22N2O4Si/c1-21(2,3)7-6-10-8-16(14(19)15-13(10)18)12-5-4-11(9-17)20-12/h6-8,11-12,17H,4-5,9H2,1-3H3,(H,15,18,19)/b7-6+/t11-,12+/m0/s1. The Hall–Kier alpha value is -1.44. The molecule has 1 aliphatic rings. The first-order valence-corrected chi connectivity index (χ1v) is 10.7. The van der Waals surface area contributed by atoms with E-state index < -0.39 is 20.0 Å². The van der Waals surface area contributed by atoms with Crippen molar-refractivity contribution in [3.8, 4) is 0 Å². The van der Waals surface area contributed by atoms with Crippen LogP contribution in [0.1, 0.15) is 24.6 Å². The van der Waals surface area contributed by atoms with E-state index in [9.17, 15) is 9.59 Å². The molecule has 0 aromatic carbocycles. The SMILES string of the molecule is C[Si](C)(C)/C=C/c1cn([C@H]2CC[C@@H](CO)O2)c(=O)[nH]c1=O. The van der Waals surface area contributed by atoms with Crippen molar-refractivity contribution in [3.05, 3.63) is 38.3 Å². The van der Waals surface area contributed by atoms with Gasteiger partial charge in [-0.1, -0.05) is 31.4 Å². The van der Waals surface area contributed by atoms with Crippen molar-refractivity contribution in [1.29, 1.82) is 0 Å². The van der Waals surface area contributed by atoms with Crippen LogP contribution in [0.4, 0.5) is 0 Å². The summed E-state index contributed by atoms with van der Waals surface area (Å²) in [5, 5.41) is 9.10. The normalized spacial score (nSPS) is 23.0. The molecule has 116 valence electrons. The van der Waals surface area contributed by atoms with Crippen LogP contribution in [0.5, 0.6) is 0 Å². The third kappa shape index (κ3) is 4.02. The van der Waals surface area contributed by atoms with Gasteiger partial charge in [0.1, 0.15) is 6.23 Å². The van der Waals surface area contributed by atoms with E-state index in [0.29, 0.717) is 18.4 Å². The molecule has 1 saturated heterocycles. The number of nitrogens with one attached hydrogen (secondary N) is 1. The van der Waals surface area contributed by atoms with Gasteiger partial charge in [-0.05, 0) is 12.8 Å². The average Bonchev–Trinajstić information content (AvgIpc) is 2.85. The minimum atomic E-state index is -1.43. The van der Waals surface area contributed by atoms with Gasteiger partial charge in [-0.3, -0.25) is 14.3 Å². The van der Waals surface area contributed by atoms with Gasteiger partial charge in [0, 0.05) is 6.20 Å². The molecule has 1 aromatic heterocycles. The summed E-state index contributed by atoms with van der Waals surface area (Å²) >= 11 is 0. The fraction of sp³-hybridized carbons (Fsp3) is 0.571. The molecule has 2 atom stereocenters. The number of aliphatic hydroxyl groups excluding tert-OH is 1. The summed E-state index contributed by atoms with van der Waals surface area (Å²) in [6.45, 7) is 6.44. The van der Waals surface area contributed by atoms with Crippen LogP contribution < -0.4 is 11.2 Å². The monoisotopic (exact) mass is 310 g/mol. The molecule has 1 fully saturated rings. The van der Waals surface area contributed by atoms with E-state index in [-0.39, 0.29) is 18.3 Å². The van der Waals surface area contributed by atoms with E-state index in [1.807, 2.05) is 0 Å². The number of ether oxygens (including phenoxy) is 1. The Morgan fingerprint density at radius 3 is 2.71 bits per heavy atom. The van der Waals surface area contributed by atoms with Crippen LogP contribution in [-0.2, 0) is 4.74 Å². The first-order valence-electron chi connectivity index (χ1n) is 7.11. The lowest BCUT2D eigenvalue weighted by Gasteiger charge is -2.15. The van der Waals surface area contributed by atoms with E-state index in [4.69, 9.17) is 9.84 Å². The Balaban J connectivity index is 2.33. The van der Waals surface area contributed by atoms with Crippen molar-refractivity contribution in [1.82, 2.24) is 9.55 Å². The molecular formula is C14H22N2O4Si. The van der Waals surface area contributed by atoms with E-state index in [1.54, 1.807) is 12.3 Å². The fourth-order valence-electron chi connectivity index (χ4n) is 2.20. The van der Waals surface area contributed by atoms with Crippen LogP contribution >= 0.6 is 0 Å². The Kier molecular flexibility index (Phi) is 4.65. The lowest BCUT2D eigenvalue weighted by atomic mass is 10.2. The van der Waals surface area contributed by atoms with Crippen molar-refractivity contribution in [3.63, 3.8) is 0 Å². The molecule has 0 aliphatic carbocycles. The predicted octanol–water partition coefficient (Wildman–Crippen LogP) is 1.10. The molecule has 2 heterocycles. The zero-order chi connectivity index (χ0) is 15.6. The number of aromatic nitrogens is 2. The Labute approximate surface area is 124 Å². The van der Waals surface area contributed by atoms with Crippen LogP contribution in [0.15, 0.2) is 21.5 Å². The van der Waals surface area contributed by atoms with Gasteiger partial charge in [0.15, 0.2) is 0 Å². The largest absolute Gasteiger partial charge is 0.394 e. The molecule has 21 heavy (non-hydrogen) atoms. The fourth-order valence-corrected chi connectivity index (χ4v) is 2.88. The van der Waals surface area contributed by atoms with Gasteiger partial charge in [-0.2, -0.15) is 0 Å². The zero-order valence-corrected chi connectivity index (χ0v) is 13.6. The molecule has 0 radical (unpaired) electrons. The second-order valence-electron chi connectivity index (χ2n) is 6.42. The van der Waals surface area contributed by atoms with Crippen LogP contribution in [0, 0.1) is 0 Å². The van der Waals surface area contributed by atoms with E-state index >= 15 is 0 Å². The summed E-state index contributed by atoms with van der Waals surface area (Å²) in [6, 6.07) is 0. The van der Waals surface area contributed by atoms with Crippen molar-refractivity contribution in [2.24, 2.45) is 0 Å². The lowest BCUT2D eigenvalue weighted by Crippen LogP contribution is -2.33. The van der Waals surface area contributed by atoms with E-state index in [0.717, 1.165) is 0 Å². The summed E-state index contributed by atoms with van der Waals surface area (Å²) in [7, 11) is -1.43. The van der Waals surface area contributed by atoms with Crippen molar-refractivity contribution in [2.45, 2.75) is 44.8 Å². The van der Waals surface area contributed by atoms with Gasteiger partial charge in [-0.25, -0.2) is 4.79 Å². The molecule has 0 saturated carbocycles. The summed E-state index contributed by atoms with van der Waals surface area (Å²) in [6.07, 6.45) is 4.00. The van der Waals surface area contributed by atoms with E-state index in [1.165, 1.54) is 4.57 Å². The maximum Gasteiger partial charge on any atom is 0.330 e. The topological polar surface area (TPSA) is 84.3 Å². The lowest BCUT2D eigenvalue weighted by molar-refractivity contribution is -0.0246. The summed E-state index contributed by atoms with van der Waals surface area (Å²) < 4.78 is 7.00. The molecule has 7 heteroatoms. The number of H-pyrrole nitrogens is 1. The van der Waals surface area contributed by atoms with E-state index in [2.05, 4.69) is 30.3 Å². The Morgan fingerprint density at radius 1 is 1.43 bits per heavy atom. The highest BCUT2D eigenvalue weighted by atomic mass is 28.3. The highest BCUT2D eigenvalue weighted by molar-refractivity contribution is 6.81. The van der Waals surface area contributed by atoms with Crippen LogP contribution in [0.25, 0.3) is 6.08 Å². The smallest absolute Gasteiger partial charge is 0.330 e. The van der Waals surface area contributed by atoms with Gasteiger partial charge >= 0.3 is 5.69 Å². The van der Waals surface area contributed by atoms with Crippen LogP contribution in [0.2, 0.25) is 19.6 Å². The third-order valence-electron chi connectivity index (χ3n) is 3.36. The first kappa shape index (κ1) is 15.9. The molecule has 0 bridgehead atoms. The molecule has 0 unspecified atom stereocenters. The van der Waals surface area contributed by atoms with Gasteiger partial charge < -0.3 is 9.84 Å². The van der Waals surface area contributed by atoms with Gasteiger partial charge in [-0.15, -0.1) is 0 Å². The molecule has 1 aromatic rings. The molecule has 2 rings (SSSR count). The predicted molar refractivity (Wildman–Crippen MR) is 83.9 cm³/mol. The Morgan fingerprint density at radius 2 is 2.14 bits per heavy atom. The van der Waals surface area contributed by atoms with Crippen LogP contribution in [-0.4, -0.2) is 35.4 Å². The highest BCUT2D eigenvalue weighted by Gasteiger charge is 2.27. The second kappa shape index (κ2) is 6.13. The van der Waals surface area contributed by atoms with Crippen molar-refractivity contribution < 1.29 is 9.84 Å². The quantitative estimate of drug-likeness (QED) is 0.816. The molecule has 0 amide bonds. The number of aromatic amines is 1. The number of hydrogen-bond donors (Lipinski definition) is 2. The van der Waals surface area contributed by atoms with Gasteiger partial charge in [0.25, 0.3) is 5.56 Å². The summed E-state index contributed by atoms with van der Waals surface area (Å²) in [5.74, 6) is 0. The number of nitrogens with zero attached hydrogens (tertiary/aromatic N) is 1. The number of hydrogen-bond acceptors (Lipinski definition) is 4. The Bertz CT molecular complexity index is 642. The van der Waals surface area contributed by atoms with Gasteiger partial charge in [0.2, 0.25) is 0 Å². The molecule has 2 N–H and O–H groups in total. The summed E-state index contributed by atoms with van der Waals surface area (Å²) in [4.78, 5) is 26.1. The van der Waals surface area contributed by atoms with Crippen molar-refractivity contribution in [2.75, 3.05) is 6.61 Å². The highest BCUT2D eigenvalue weighted by Crippen LogP contribution is 2.26. The molecular weight excluding hydrogens is 288 g/mol. The maximum absolute atomic E-state index is 11.9. The van der Waals surface area contributed by atoms with Crippen LogP contribution in [0.3, 0.4) is 0 Å². The third-order valence-corrected chi connectivity index (χ3v) is 4.52. The number of rotatable bonds is 4. The summed E-state index contributed by atoms with van der Waals surface area (Å²) in [5.41, 5.74) is 1.64. The average molecular weight is 310 g/mol. The first-order chi connectivity index (χ1) is 9.80. The molecule has 6 nitrogen and oxygen atoms in total. The second-order valence-corrected chi connectivity index (χ2v) is 11.5. The molecule has 0 spiro atoms. The molecule has 1 aliphatic heterocycles. The zero-order valence-electron chi connectivity index (χ0n) is 12.6. The van der Waals surface area contributed by atoms with Gasteiger partial charge in [0.05, 0.1) is 26.3 Å². The number of aliphatic hydroxyl groups is 1. The van der Waals surface area contributed by atoms with Crippen molar-refractivity contribution >= 4 is 14.1 Å². The minimum absolute atomic E-state index is 0.0585.